The number of alkyl halides is 3. The predicted octanol–water partition coefficient (Wildman–Crippen LogP) is 4.32. The third kappa shape index (κ3) is 4.17. The van der Waals surface area contributed by atoms with E-state index < -0.39 is 21.9 Å². The molecule has 0 spiro atoms. The van der Waals surface area contributed by atoms with Crippen molar-refractivity contribution in [1.29, 1.82) is 0 Å². The maximum absolute atomic E-state index is 12.8. The molecule has 6 nitrogen and oxygen atoms in total. The van der Waals surface area contributed by atoms with Crippen molar-refractivity contribution in [3.05, 3.63) is 71.9 Å². The summed E-state index contributed by atoms with van der Waals surface area (Å²) >= 11 is 0. The SMILES string of the molecule is O=S1(=O)NCc2cccc(-c3ccc(Oc4cc(C(F)(F)F)ccn4)cc3)c2N1. The number of anilines is 1. The topological polar surface area (TPSA) is 80.3 Å². The first-order valence-corrected chi connectivity index (χ1v) is 9.90. The van der Waals surface area contributed by atoms with E-state index in [1.165, 1.54) is 0 Å². The van der Waals surface area contributed by atoms with E-state index in [1.807, 2.05) is 12.1 Å². The lowest BCUT2D eigenvalue weighted by atomic mass is 10.0. The first kappa shape index (κ1) is 19.2. The largest absolute Gasteiger partial charge is 0.439 e. The number of para-hydroxylation sites is 1. The Morgan fingerprint density at radius 3 is 2.52 bits per heavy atom. The summed E-state index contributed by atoms with van der Waals surface area (Å²) in [6, 6.07) is 13.6. The van der Waals surface area contributed by atoms with Crippen molar-refractivity contribution in [3.63, 3.8) is 0 Å². The molecule has 1 aromatic heterocycles. The highest BCUT2D eigenvalue weighted by Gasteiger charge is 2.31. The van der Waals surface area contributed by atoms with Gasteiger partial charge in [0.2, 0.25) is 5.88 Å². The molecule has 0 fully saturated rings. The molecule has 150 valence electrons. The summed E-state index contributed by atoms with van der Waals surface area (Å²) in [6.45, 7) is 0.181. The average molecular weight is 421 g/mol. The molecular formula is C19H14F3N3O3S. The smallest absolute Gasteiger partial charge is 0.416 e. The van der Waals surface area contributed by atoms with Crippen LogP contribution in [0.3, 0.4) is 0 Å². The molecule has 2 heterocycles. The molecule has 0 bridgehead atoms. The second-order valence-electron chi connectivity index (χ2n) is 6.27. The summed E-state index contributed by atoms with van der Waals surface area (Å²) in [5.74, 6) is 0.121. The number of rotatable bonds is 3. The molecule has 29 heavy (non-hydrogen) atoms. The molecule has 4 rings (SSSR count). The zero-order chi connectivity index (χ0) is 20.6. The maximum Gasteiger partial charge on any atom is 0.416 e. The molecular weight excluding hydrogens is 407 g/mol. The van der Waals surface area contributed by atoms with Crippen LogP contribution in [0.15, 0.2) is 60.8 Å². The fourth-order valence-electron chi connectivity index (χ4n) is 2.92. The molecule has 0 radical (unpaired) electrons. The molecule has 0 amide bonds. The minimum atomic E-state index is -4.49. The Balaban J connectivity index is 1.60. The number of pyridine rings is 1. The van der Waals surface area contributed by atoms with Gasteiger partial charge in [0.05, 0.1) is 11.3 Å². The van der Waals surface area contributed by atoms with Crippen molar-refractivity contribution in [1.82, 2.24) is 9.71 Å². The highest BCUT2D eigenvalue weighted by atomic mass is 32.2. The van der Waals surface area contributed by atoms with Gasteiger partial charge in [-0.2, -0.15) is 26.3 Å². The first-order chi connectivity index (χ1) is 13.7. The Morgan fingerprint density at radius 1 is 1.03 bits per heavy atom. The second-order valence-corrected chi connectivity index (χ2v) is 7.77. The Labute approximate surface area is 164 Å². The van der Waals surface area contributed by atoms with Gasteiger partial charge in [-0.15, -0.1) is 0 Å². The van der Waals surface area contributed by atoms with Crippen LogP contribution in [0.1, 0.15) is 11.1 Å². The minimum absolute atomic E-state index is 0.177. The zero-order valence-corrected chi connectivity index (χ0v) is 15.5. The van der Waals surface area contributed by atoms with E-state index in [0.717, 1.165) is 29.5 Å². The van der Waals surface area contributed by atoms with Crippen LogP contribution in [-0.2, 0) is 22.9 Å². The summed E-state index contributed by atoms with van der Waals surface area (Å²) in [7, 11) is -3.62. The van der Waals surface area contributed by atoms with Crippen molar-refractivity contribution >= 4 is 15.9 Å². The van der Waals surface area contributed by atoms with E-state index in [1.54, 1.807) is 30.3 Å². The van der Waals surface area contributed by atoms with E-state index >= 15 is 0 Å². The standard InChI is InChI=1S/C19H14F3N3O3S/c20-19(21,22)14-8-9-23-17(10-14)28-15-6-4-12(5-7-15)16-3-1-2-13-11-24-29(26,27)25-18(13)16/h1-10,24-25H,11H2. The van der Waals surface area contributed by atoms with Crippen molar-refractivity contribution in [2.75, 3.05) is 4.72 Å². The van der Waals surface area contributed by atoms with Gasteiger partial charge in [0.25, 0.3) is 10.2 Å². The van der Waals surface area contributed by atoms with Gasteiger partial charge in [0.15, 0.2) is 0 Å². The first-order valence-electron chi connectivity index (χ1n) is 8.42. The minimum Gasteiger partial charge on any atom is -0.439 e. The van der Waals surface area contributed by atoms with Crippen LogP contribution in [0.25, 0.3) is 11.1 Å². The van der Waals surface area contributed by atoms with Gasteiger partial charge in [-0.05, 0) is 29.3 Å². The van der Waals surface area contributed by atoms with Crippen LogP contribution in [0.5, 0.6) is 11.6 Å². The van der Waals surface area contributed by atoms with Gasteiger partial charge in [-0.3, -0.25) is 4.72 Å². The molecule has 2 N–H and O–H groups in total. The van der Waals surface area contributed by atoms with Crippen LogP contribution < -0.4 is 14.2 Å². The van der Waals surface area contributed by atoms with E-state index in [-0.39, 0.29) is 12.4 Å². The van der Waals surface area contributed by atoms with Gasteiger partial charge >= 0.3 is 6.18 Å². The fraction of sp³-hybridized carbons (Fsp3) is 0.105. The van der Waals surface area contributed by atoms with Crippen LogP contribution in [-0.4, -0.2) is 13.4 Å². The lowest BCUT2D eigenvalue weighted by Crippen LogP contribution is -2.34. The van der Waals surface area contributed by atoms with Crippen molar-refractivity contribution < 1.29 is 26.3 Å². The summed E-state index contributed by atoms with van der Waals surface area (Å²) in [4.78, 5) is 3.80. The second kappa shape index (κ2) is 7.05. The number of ether oxygens (including phenoxy) is 1. The monoisotopic (exact) mass is 421 g/mol. The molecule has 0 atom stereocenters. The summed E-state index contributed by atoms with van der Waals surface area (Å²) in [6.07, 6.45) is -3.46. The van der Waals surface area contributed by atoms with Crippen molar-refractivity contribution in [3.8, 4) is 22.8 Å². The Hall–Kier alpha value is -3.11. The molecule has 2 aromatic carbocycles. The van der Waals surface area contributed by atoms with E-state index in [2.05, 4.69) is 14.4 Å². The van der Waals surface area contributed by atoms with Crippen LogP contribution >= 0.6 is 0 Å². The van der Waals surface area contributed by atoms with Crippen molar-refractivity contribution in [2.24, 2.45) is 0 Å². The zero-order valence-electron chi connectivity index (χ0n) is 14.7. The van der Waals surface area contributed by atoms with Gasteiger partial charge in [-0.25, -0.2) is 4.98 Å². The molecule has 1 aliphatic heterocycles. The van der Waals surface area contributed by atoms with E-state index in [9.17, 15) is 21.6 Å². The quantitative estimate of drug-likeness (QED) is 0.660. The number of nitrogens with zero attached hydrogens (tertiary/aromatic N) is 1. The number of benzene rings is 2. The Bertz CT molecular complexity index is 1160. The molecule has 0 saturated carbocycles. The Kier molecular flexibility index (Phi) is 4.67. The lowest BCUT2D eigenvalue weighted by Gasteiger charge is -2.22. The van der Waals surface area contributed by atoms with Gasteiger partial charge < -0.3 is 4.74 Å². The van der Waals surface area contributed by atoms with E-state index in [4.69, 9.17) is 4.74 Å². The number of nitrogens with one attached hydrogen (secondary N) is 2. The van der Waals surface area contributed by atoms with Crippen LogP contribution in [0.2, 0.25) is 0 Å². The predicted molar refractivity (Wildman–Crippen MR) is 101 cm³/mol. The molecule has 0 aliphatic carbocycles. The highest BCUT2D eigenvalue weighted by molar-refractivity contribution is 7.90. The number of hydrogen-bond acceptors (Lipinski definition) is 4. The molecule has 10 heteroatoms. The number of halogens is 3. The number of fused-ring (bicyclic) bond motifs is 1. The van der Waals surface area contributed by atoms with E-state index in [0.29, 0.717) is 17.0 Å². The third-order valence-electron chi connectivity index (χ3n) is 4.29. The van der Waals surface area contributed by atoms with Gasteiger partial charge in [-0.1, -0.05) is 30.3 Å². The highest BCUT2D eigenvalue weighted by Crippen LogP contribution is 2.35. The molecule has 3 aromatic rings. The summed E-state index contributed by atoms with van der Waals surface area (Å²) < 4.78 is 72.4. The molecule has 0 saturated heterocycles. The Morgan fingerprint density at radius 2 is 1.79 bits per heavy atom. The fourth-order valence-corrected chi connectivity index (χ4v) is 3.84. The molecule has 1 aliphatic rings. The van der Waals surface area contributed by atoms with Crippen LogP contribution in [0.4, 0.5) is 18.9 Å². The lowest BCUT2D eigenvalue weighted by molar-refractivity contribution is -0.137. The van der Waals surface area contributed by atoms with Gasteiger partial charge in [0, 0.05) is 24.4 Å². The van der Waals surface area contributed by atoms with Gasteiger partial charge in [0.1, 0.15) is 5.75 Å². The normalized spacial score (nSPS) is 15.3. The summed E-state index contributed by atoms with van der Waals surface area (Å²) in [5, 5.41) is 0. The van der Waals surface area contributed by atoms with Crippen molar-refractivity contribution in [2.45, 2.75) is 12.7 Å². The maximum atomic E-state index is 12.8. The third-order valence-corrected chi connectivity index (χ3v) is 5.29. The summed E-state index contributed by atoms with van der Waals surface area (Å²) in [5.41, 5.74) is 1.83. The molecule has 0 unspecified atom stereocenters. The number of hydrogen-bond donors (Lipinski definition) is 2. The number of aromatic nitrogens is 1. The average Bonchev–Trinajstić information content (AvgIpc) is 2.67. The van der Waals surface area contributed by atoms with Crippen LogP contribution in [0, 0.1) is 0 Å².